The van der Waals surface area contributed by atoms with Gasteiger partial charge in [0.15, 0.2) is 12.3 Å². The quantitative estimate of drug-likeness (QED) is 0.580. The molecule has 1 saturated heterocycles. The number of aryl methyl sites for hydroxylation is 1. The minimum Gasteiger partial charge on any atom is -0.451 e. The first-order valence-electron chi connectivity index (χ1n) is 9.36. The Morgan fingerprint density at radius 3 is 2.66 bits per heavy atom. The number of hydrogen-bond donors (Lipinski definition) is 0. The van der Waals surface area contributed by atoms with E-state index >= 15 is 0 Å². The van der Waals surface area contributed by atoms with E-state index in [1.54, 1.807) is 22.4 Å². The highest BCUT2D eigenvalue weighted by atomic mass is 35.5. The summed E-state index contributed by atoms with van der Waals surface area (Å²) in [6.07, 6.45) is 1.63. The number of fused-ring (bicyclic) bond motifs is 1. The van der Waals surface area contributed by atoms with Gasteiger partial charge in [-0.05, 0) is 31.2 Å². The van der Waals surface area contributed by atoms with Crippen molar-refractivity contribution in [2.24, 2.45) is 0 Å². The van der Waals surface area contributed by atoms with Crippen molar-refractivity contribution < 1.29 is 14.3 Å². The number of piperazine rings is 1. The van der Waals surface area contributed by atoms with Crippen molar-refractivity contribution in [1.29, 1.82) is 0 Å². The van der Waals surface area contributed by atoms with Crippen LogP contribution in [0.1, 0.15) is 21.1 Å². The van der Waals surface area contributed by atoms with Crippen LogP contribution in [0.15, 0.2) is 36.5 Å². The SMILES string of the molecule is Cc1cccc2nc(C(=O)OCC(=O)N3CCN(Cc4ccc(Cl)s4)CC3)cn12. The van der Waals surface area contributed by atoms with E-state index in [1.807, 2.05) is 41.7 Å². The molecule has 0 unspecified atom stereocenters. The van der Waals surface area contributed by atoms with E-state index in [4.69, 9.17) is 16.3 Å². The molecular formula is C20H21ClN4O3S. The fraction of sp³-hybridized carbons (Fsp3) is 0.350. The minimum atomic E-state index is -0.588. The lowest BCUT2D eigenvalue weighted by Gasteiger charge is -2.34. The smallest absolute Gasteiger partial charge is 0.359 e. The molecule has 0 aromatic carbocycles. The zero-order valence-corrected chi connectivity index (χ0v) is 17.6. The average Bonchev–Trinajstić information content (AvgIpc) is 3.33. The molecule has 1 aliphatic heterocycles. The maximum Gasteiger partial charge on any atom is 0.359 e. The van der Waals surface area contributed by atoms with E-state index in [2.05, 4.69) is 9.88 Å². The Hall–Kier alpha value is -2.42. The fourth-order valence-electron chi connectivity index (χ4n) is 3.35. The molecule has 4 rings (SSSR count). The van der Waals surface area contributed by atoms with Crippen LogP contribution < -0.4 is 0 Å². The molecule has 29 heavy (non-hydrogen) atoms. The van der Waals surface area contributed by atoms with Crippen LogP contribution in [0.2, 0.25) is 4.34 Å². The molecule has 152 valence electrons. The van der Waals surface area contributed by atoms with Crippen LogP contribution in [0.3, 0.4) is 0 Å². The second-order valence-electron chi connectivity index (χ2n) is 6.96. The van der Waals surface area contributed by atoms with Gasteiger partial charge in [-0.3, -0.25) is 9.69 Å². The van der Waals surface area contributed by atoms with E-state index in [1.165, 1.54) is 4.88 Å². The molecule has 0 spiro atoms. The highest BCUT2D eigenvalue weighted by Crippen LogP contribution is 2.23. The lowest BCUT2D eigenvalue weighted by atomic mass is 10.3. The molecule has 9 heteroatoms. The first-order valence-corrected chi connectivity index (χ1v) is 10.6. The summed E-state index contributed by atoms with van der Waals surface area (Å²) in [4.78, 5) is 34.2. The largest absolute Gasteiger partial charge is 0.451 e. The predicted octanol–water partition coefficient (Wildman–Crippen LogP) is 2.86. The molecule has 3 aromatic heterocycles. The van der Waals surface area contributed by atoms with E-state index < -0.39 is 5.97 Å². The Morgan fingerprint density at radius 2 is 1.97 bits per heavy atom. The third-order valence-corrected chi connectivity index (χ3v) is 6.18. The van der Waals surface area contributed by atoms with Gasteiger partial charge in [0.1, 0.15) is 5.65 Å². The van der Waals surface area contributed by atoms with Gasteiger partial charge in [0.05, 0.1) is 4.34 Å². The molecule has 0 bridgehead atoms. The molecule has 0 aliphatic carbocycles. The van der Waals surface area contributed by atoms with Crippen molar-refractivity contribution in [2.75, 3.05) is 32.8 Å². The average molecular weight is 433 g/mol. The normalized spacial score (nSPS) is 15.0. The summed E-state index contributed by atoms with van der Waals surface area (Å²) in [5, 5.41) is 0. The number of thiophene rings is 1. The zero-order valence-electron chi connectivity index (χ0n) is 16.0. The Labute approximate surface area is 177 Å². The highest BCUT2D eigenvalue weighted by molar-refractivity contribution is 7.16. The molecule has 0 radical (unpaired) electrons. The van der Waals surface area contributed by atoms with Gasteiger partial charge in [0.25, 0.3) is 5.91 Å². The van der Waals surface area contributed by atoms with Crippen LogP contribution in [-0.2, 0) is 16.1 Å². The standard InChI is InChI=1S/C20H21ClN4O3S/c1-14-3-2-4-18-22-16(12-25(14)18)20(27)28-13-19(26)24-9-7-23(8-10-24)11-15-5-6-17(21)29-15/h2-6,12H,7-11,13H2,1H3. The Morgan fingerprint density at radius 1 is 1.17 bits per heavy atom. The van der Waals surface area contributed by atoms with Crippen LogP contribution in [-0.4, -0.2) is 63.8 Å². The summed E-state index contributed by atoms with van der Waals surface area (Å²) in [5.41, 5.74) is 1.84. The highest BCUT2D eigenvalue weighted by Gasteiger charge is 2.23. The minimum absolute atomic E-state index is 0.183. The van der Waals surface area contributed by atoms with Gasteiger partial charge in [-0.25, -0.2) is 9.78 Å². The van der Waals surface area contributed by atoms with Crippen molar-refractivity contribution in [2.45, 2.75) is 13.5 Å². The van der Waals surface area contributed by atoms with Crippen LogP contribution in [0.5, 0.6) is 0 Å². The molecule has 1 fully saturated rings. The number of ether oxygens (including phenoxy) is 1. The van der Waals surface area contributed by atoms with Gasteiger partial charge in [-0.15, -0.1) is 11.3 Å². The maximum atomic E-state index is 12.4. The number of carbonyl (C=O) groups is 2. The number of pyridine rings is 1. The Balaban J connectivity index is 1.26. The topological polar surface area (TPSA) is 67.2 Å². The molecule has 0 atom stereocenters. The summed E-state index contributed by atoms with van der Waals surface area (Å²) in [6, 6.07) is 9.56. The molecule has 4 heterocycles. The van der Waals surface area contributed by atoms with Gasteiger partial charge >= 0.3 is 5.97 Å². The second kappa shape index (κ2) is 8.52. The van der Waals surface area contributed by atoms with Crippen LogP contribution >= 0.6 is 22.9 Å². The van der Waals surface area contributed by atoms with Crippen molar-refractivity contribution in [1.82, 2.24) is 19.2 Å². The van der Waals surface area contributed by atoms with Crippen molar-refractivity contribution in [3.05, 3.63) is 57.1 Å². The van der Waals surface area contributed by atoms with Gasteiger partial charge < -0.3 is 14.0 Å². The van der Waals surface area contributed by atoms with Gasteiger partial charge in [-0.2, -0.15) is 0 Å². The lowest BCUT2D eigenvalue weighted by molar-refractivity contribution is -0.136. The summed E-state index contributed by atoms with van der Waals surface area (Å²) < 4.78 is 7.81. The number of rotatable bonds is 5. The number of esters is 1. The van der Waals surface area contributed by atoms with Crippen molar-refractivity contribution in [3.8, 4) is 0 Å². The van der Waals surface area contributed by atoms with Gasteiger partial charge in [0, 0.05) is 49.5 Å². The lowest BCUT2D eigenvalue weighted by Crippen LogP contribution is -2.49. The predicted molar refractivity (Wildman–Crippen MR) is 111 cm³/mol. The molecule has 7 nitrogen and oxygen atoms in total. The van der Waals surface area contributed by atoms with Crippen LogP contribution in [0, 0.1) is 6.92 Å². The molecule has 1 amide bonds. The summed E-state index contributed by atoms with van der Waals surface area (Å²) in [5.74, 6) is -0.772. The third kappa shape index (κ3) is 4.60. The molecular weight excluding hydrogens is 412 g/mol. The summed E-state index contributed by atoms with van der Waals surface area (Å²) >= 11 is 7.56. The van der Waals surface area contributed by atoms with Gasteiger partial charge in [0.2, 0.25) is 0 Å². The van der Waals surface area contributed by atoms with E-state index in [-0.39, 0.29) is 18.2 Å². The Kier molecular flexibility index (Phi) is 5.84. The number of aromatic nitrogens is 2. The number of carbonyl (C=O) groups excluding carboxylic acids is 2. The number of nitrogens with zero attached hydrogens (tertiary/aromatic N) is 4. The number of hydrogen-bond acceptors (Lipinski definition) is 6. The zero-order chi connectivity index (χ0) is 20.4. The molecule has 1 aliphatic rings. The fourth-order valence-corrected chi connectivity index (χ4v) is 4.48. The monoisotopic (exact) mass is 432 g/mol. The van der Waals surface area contributed by atoms with Crippen LogP contribution in [0.4, 0.5) is 0 Å². The number of amides is 1. The first kappa shape index (κ1) is 19.9. The van der Waals surface area contributed by atoms with Crippen molar-refractivity contribution >= 4 is 40.5 Å². The molecule has 0 N–H and O–H groups in total. The Bertz CT molecular complexity index is 1040. The van der Waals surface area contributed by atoms with Crippen LogP contribution in [0.25, 0.3) is 5.65 Å². The van der Waals surface area contributed by atoms with E-state index in [0.717, 1.165) is 29.7 Å². The second-order valence-corrected chi connectivity index (χ2v) is 8.76. The molecule has 3 aromatic rings. The number of halogens is 1. The van der Waals surface area contributed by atoms with E-state index in [0.29, 0.717) is 18.7 Å². The molecule has 0 saturated carbocycles. The summed E-state index contributed by atoms with van der Waals surface area (Å²) in [7, 11) is 0. The summed E-state index contributed by atoms with van der Waals surface area (Å²) in [6.45, 7) is 5.28. The van der Waals surface area contributed by atoms with Crippen molar-refractivity contribution in [3.63, 3.8) is 0 Å². The third-order valence-electron chi connectivity index (χ3n) is 4.97. The van der Waals surface area contributed by atoms with E-state index in [9.17, 15) is 9.59 Å². The number of imidazole rings is 1. The first-order chi connectivity index (χ1) is 14.0. The van der Waals surface area contributed by atoms with Gasteiger partial charge in [-0.1, -0.05) is 17.7 Å². The maximum absolute atomic E-state index is 12.4.